The van der Waals surface area contributed by atoms with Crippen molar-refractivity contribution in [1.82, 2.24) is 39.7 Å². The molecule has 7 rings (SSSR count). The molecule has 0 radical (unpaired) electrons. The van der Waals surface area contributed by atoms with Gasteiger partial charge in [-0.25, -0.2) is 9.67 Å². The number of fused-ring (bicyclic) bond motifs is 3. The Balaban J connectivity index is 1.38. The standard InChI is InChI=1S/C33H36F3N9O2/c1-41-13-15-42(16-14-41)17-18-44-27-6-3-22(23-4-8-29(47-2)38-21-23)19-25(27)31-30(32(44)46)39-40-45(31)24-5-7-28(26(20-24)33(34,35)36)43-11-9-37-10-12-43/h3-8,19-21,37H,9-18H2,1-2H3. The van der Waals surface area contributed by atoms with Crippen molar-refractivity contribution in [1.29, 1.82) is 0 Å². The fraction of sp³-hybridized carbons (Fsp3) is 0.394. The maximum absolute atomic E-state index is 14.5. The fourth-order valence-electron chi connectivity index (χ4n) is 6.50. The number of pyridine rings is 2. The predicted molar refractivity (Wildman–Crippen MR) is 174 cm³/mol. The molecule has 0 unspecified atom stereocenters. The van der Waals surface area contributed by atoms with E-state index in [0.717, 1.165) is 43.4 Å². The molecule has 0 bridgehead atoms. The van der Waals surface area contributed by atoms with E-state index in [9.17, 15) is 18.0 Å². The Kier molecular flexibility index (Phi) is 8.32. The predicted octanol–water partition coefficient (Wildman–Crippen LogP) is 3.48. The first-order valence-corrected chi connectivity index (χ1v) is 15.7. The minimum absolute atomic E-state index is 0.0978. The molecule has 14 heteroatoms. The number of halogens is 3. The summed E-state index contributed by atoms with van der Waals surface area (Å²) in [6, 6.07) is 13.6. The van der Waals surface area contributed by atoms with Gasteiger partial charge in [0.15, 0.2) is 5.52 Å². The van der Waals surface area contributed by atoms with Crippen molar-refractivity contribution in [2.45, 2.75) is 12.7 Å². The molecule has 0 saturated carbocycles. The van der Waals surface area contributed by atoms with Crippen molar-refractivity contribution in [2.75, 3.05) is 78.0 Å². The van der Waals surface area contributed by atoms with E-state index in [0.29, 0.717) is 61.6 Å². The average Bonchev–Trinajstić information content (AvgIpc) is 3.55. The van der Waals surface area contributed by atoms with Crippen LogP contribution in [0.1, 0.15) is 5.56 Å². The second-order valence-electron chi connectivity index (χ2n) is 12.1. The highest BCUT2D eigenvalue weighted by Gasteiger charge is 2.36. The lowest BCUT2D eigenvalue weighted by atomic mass is 10.0. The Labute approximate surface area is 269 Å². The number of hydrogen-bond donors (Lipinski definition) is 1. The molecule has 2 aromatic carbocycles. The van der Waals surface area contributed by atoms with Crippen LogP contribution in [-0.2, 0) is 12.7 Å². The van der Waals surface area contributed by atoms with E-state index < -0.39 is 11.7 Å². The van der Waals surface area contributed by atoms with Crippen LogP contribution in [-0.4, -0.2) is 107 Å². The Morgan fingerprint density at radius 1 is 0.915 bits per heavy atom. The van der Waals surface area contributed by atoms with Gasteiger partial charge in [0.25, 0.3) is 5.56 Å². The molecule has 0 spiro atoms. The molecule has 0 atom stereocenters. The van der Waals surface area contributed by atoms with Crippen molar-refractivity contribution >= 4 is 27.6 Å². The summed E-state index contributed by atoms with van der Waals surface area (Å²) in [7, 11) is 3.64. The monoisotopic (exact) mass is 647 g/mol. The van der Waals surface area contributed by atoms with Gasteiger partial charge in [0.1, 0.15) is 5.52 Å². The molecule has 0 aliphatic carbocycles. The molecular formula is C33H36F3N9O2. The quantitative estimate of drug-likeness (QED) is 0.285. The average molecular weight is 648 g/mol. The van der Waals surface area contributed by atoms with Crippen molar-refractivity contribution < 1.29 is 17.9 Å². The third-order valence-corrected chi connectivity index (χ3v) is 9.16. The van der Waals surface area contributed by atoms with Crippen LogP contribution in [0, 0.1) is 0 Å². The third kappa shape index (κ3) is 6.03. The van der Waals surface area contributed by atoms with E-state index in [4.69, 9.17) is 4.74 Å². The molecule has 2 aliphatic heterocycles. The molecule has 2 fully saturated rings. The molecular weight excluding hydrogens is 611 g/mol. The van der Waals surface area contributed by atoms with Gasteiger partial charge in [-0.05, 0) is 49.0 Å². The van der Waals surface area contributed by atoms with E-state index in [1.165, 1.54) is 10.7 Å². The Hall–Kier alpha value is -4.53. The molecule has 246 valence electrons. The first kappa shape index (κ1) is 31.1. The number of piperazine rings is 2. The van der Waals surface area contributed by atoms with E-state index in [1.54, 1.807) is 34.9 Å². The largest absolute Gasteiger partial charge is 0.481 e. The summed E-state index contributed by atoms with van der Waals surface area (Å²) in [6.07, 6.45) is -2.90. The van der Waals surface area contributed by atoms with E-state index in [1.807, 2.05) is 24.3 Å². The lowest BCUT2D eigenvalue weighted by Crippen LogP contribution is -2.45. The van der Waals surface area contributed by atoms with Crippen LogP contribution in [0.15, 0.2) is 59.5 Å². The number of hydrogen-bond acceptors (Lipinski definition) is 9. The second kappa shape index (κ2) is 12.6. The van der Waals surface area contributed by atoms with Crippen LogP contribution in [0.5, 0.6) is 5.88 Å². The number of alkyl halides is 3. The minimum Gasteiger partial charge on any atom is -0.481 e. The van der Waals surface area contributed by atoms with Gasteiger partial charge in [0.05, 0.1) is 23.9 Å². The number of ether oxygens (including phenoxy) is 1. The van der Waals surface area contributed by atoms with Crippen LogP contribution >= 0.6 is 0 Å². The smallest absolute Gasteiger partial charge is 0.418 e. The van der Waals surface area contributed by atoms with Gasteiger partial charge in [-0.2, -0.15) is 13.2 Å². The van der Waals surface area contributed by atoms with E-state index in [-0.39, 0.29) is 22.5 Å². The van der Waals surface area contributed by atoms with Gasteiger partial charge in [0.2, 0.25) is 5.88 Å². The highest BCUT2D eigenvalue weighted by molar-refractivity contribution is 6.04. The molecule has 3 aromatic heterocycles. The number of aromatic nitrogens is 5. The van der Waals surface area contributed by atoms with Crippen molar-refractivity contribution in [2.24, 2.45) is 0 Å². The lowest BCUT2D eigenvalue weighted by molar-refractivity contribution is -0.137. The van der Waals surface area contributed by atoms with Crippen LogP contribution in [0.3, 0.4) is 0 Å². The second-order valence-corrected chi connectivity index (χ2v) is 12.1. The number of methoxy groups -OCH3 is 1. The summed E-state index contributed by atoms with van der Waals surface area (Å²) < 4.78 is 51.8. The van der Waals surface area contributed by atoms with Crippen molar-refractivity contribution in [3.8, 4) is 22.7 Å². The normalized spacial score (nSPS) is 16.7. The summed E-state index contributed by atoms with van der Waals surface area (Å²) in [4.78, 5) is 24.7. The van der Waals surface area contributed by atoms with Crippen molar-refractivity contribution in [3.05, 3.63) is 70.6 Å². The van der Waals surface area contributed by atoms with Gasteiger partial charge in [-0.1, -0.05) is 11.3 Å². The summed E-state index contributed by atoms with van der Waals surface area (Å²) in [5, 5.41) is 12.4. The topological polar surface area (TPSA) is 96.6 Å². The van der Waals surface area contributed by atoms with Gasteiger partial charge in [0, 0.05) is 94.3 Å². The van der Waals surface area contributed by atoms with Crippen LogP contribution < -0.4 is 20.5 Å². The van der Waals surface area contributed by atoms with Gasteiger partial charge < -0.3 is 24.4 Å². The molecule has 2 aliphatic rings. The molecule has 5 heterocycles. The molecule has 1 N–H and O–H groups in total. The number of benzene rings is 2. The zero-order chi connectivity index (χ0) is 32.7. The maximum atomic E-state index is 14.5. The third-order valence-electron chi connectivity index (χ3n) is 9.16. The summed E-state index contributed by atoms with van der Waals surface area (Å²) >= 11 is 0. The Morgan fingerprint density at radius 3 is 2.38 bits per heavy atom. The van der Waals surface area contributed by atoms with E-state index >= 15 is 0 Å². The summed E-state index contributed by atoms with van der Waals surface area (Å²) in [5.74, 6) is 0.474. The zero-order valence-corrected chi connectivity index (χ0v) is 26.3. The highest BCUT2D eigenvalue weighted by atomic mass is 19.4. The maximum Gasteiger partial charge on any atom is 0.418 e. The number of nitrogens with zero attached hydrogens (tertiary/aromatic N) is 8. The van der Waals surface area contributed by atoms with Gasteiger partial charge >= 0.3 is 6.18 Å². The first-order chi connectivity index (χ1) is 22.7. The SMILES string of the molecule is COc1ccc(-c2ccc3c(c2)c2c(nnn2-c2ccc(N4CCNCC4)c(C(F)(F)F)c2)c(=O)n3CCN2CCN(C)CC2)cn1. The fourth-order valence-corrected chi connectivity index (χ4v) is 6.50. The number of rotatable bonds is 7. The highest BCUT2D eigenvalue weighted by Crippen LogP contribution is 2.39. The Bertz CT molecular complexity index is 1960. The number of anilines is 1. The summed E-state index contributed by atoms with van der Waals surface area (Å²) in [6.45, 7) is 6.97. The zero-order valence-electron chi connectivity index (χ0n) is 26.3. The lowest BCUT2D eigenvalue weighted by Gasteiger charge is -2.32. The number of nitrogens with one attached hydrogen (secondary N) is 1. The van der Waals surface area contributed by atoms with Crippen LogP contribution in [0.2, 0.25) is 0 Å². The molecule has 2 saturated heterocycles. The van der Waals surface area contributed by atoms with Gasteiger partial charge in [-0.15, -0.1) is 5.10 Å². The molecule has 47 heavy (non-hydrogen) atoms. The Morgan fingerprint density at radius 2 is 1.68 bits per heavy atom. The number of likely N-dealkylation sites (N-methyl/N-ethyl adjacent to an activating group) is 1. The van der Waals surface area contributed by atoms with Crippen LogP contribution in [0.4, 0.5) is 18.9 Å². The first-order valence-electron chi connectivity index (χ1n) is 15.7. The van der Waals surface area contributed by atoms with Gasteiger partial charge in [-0.3, -0.25) is 9.69 Å². The summed E-state index contributed by atoms with van der Waals surface area (Å²) in [5.41, 5.74) is 1.94. The molecule has 11 nitrogen and oxygen atoms in total. The minimum atomic E-state index is -4.60. The molecule has 5 aromatic rings. The van der Waals surface area contributed by atoms with E-state index in [2.05, 4.69) is 37.5 Å². The van der Waals surface area contributed by atoms with Crippen LogP contribution in [0.25, 0.3) is 38.8 Å². The molecule has 0 amide bonds. The van der Waals surface area contributed by atoms with Crippen molar-refractivity contribution in [3.63, 3.8) is 0 Å².